The van der Waals surface area contributed by atoms with E-state index >= 15 is 0 Å². The first-order chi connectivity index (χ1) is 9.02. The monoisotopic (exact) mass is 260 g/mol. The molecule has 19 heavy (non-hydrogen) atoms. The Morgan fingerprint density at radius 1 is 1.21 bits per heavy atom. The first kappa shape index (κ1) is 14.1. The molecule has 1 aromatic rings. The van der Waals surface area contributed by atoms with Crippen molar-refractivity contribution in [1.82, 2.24) is 4.90 Å². The molecule has 0 aliphatic carbocycles. The Bertz CT molecular complexity index is 417. The maximum atomic E-state index is 11.0. The molecule has 0 aromatic heterocycles. The molecular weight excluding hydrogens is 236 g/mol. The summed E-state index contributed by atoms with van der Waals surface area (Å²) in [4.78, 5) is 13.5. The predicted molar refractivity (Wildman–Crippen MR) is 79.0 cm³/mol. The van der Waals surface area contributed by atoms with Gasteiger partial charge in [-0.15, -0.1) is 0 Å². The van der Waals surface area contributed by atoms with Gasteiger partial charge in [0.05, 0.1) is 0 Å². The minimum atomic E-state index is -0.0218. The maximum Gasteiger partial charge on any atom is 0.221 e. The normalized spacial score (nSPS) is 24.2. The van der Waals surface area contributed by atoms with Crippen molar-refractivity contribution in [1.29, 1.82) is 0 Å². The lowest BCUT2D eigenvalue weighted by Crippen LogP contribution is -2.38. The first-order valence-corrected chi connectivity index (χ1v) is 7.12. The van der Waals surface area contributed by atoms with Crippen LogP contribution in [0.1, 0.15) is 32.8 Å². The number of carbonyl (C=O) groups excluding carboxylic acids is 1. The van der Waals surface area contributed by atoms with Gasteiger partial charge in [-0.1, -0.05) is 26.0 Å². The van der Waals surface area contributed by atoms with Crippen LogP contribution in [0.5, 0.6) is 0 Å². The summed E-state index contributed by atoms with van der Waals surface area (Å²) in [6.45, 7) is 9.60. The molecule has 2 atom stereocenters. The Morgan fingerprint density at radius 2 is 1.79 bits per heavy atom. The van der Waals surface area contributed by atoms with Gasteiger partial charge in [0.1, 0.15) is 0 Å². The highest BCUT2D eigenvalue weighted by Crippen LogP contribution is 2.22. The second kappa shape index (κ2) is 6.20. The quantitative estimate of drug-likeness (QED) is 0.905. The minimum Gasteiger partial charge on any atom is -0.326 e. The molecule has 1 aromatic carbocycles. The Hall–Kier alpha value is -1.35. The molecule has 0 spiro atoms. The van der Waals surface area contributed by atoms with Gasteiger partial charge >= 0.3 is 0 Å². The molecule has 1 amide bonds. The molecule has 104 valence electrons. The van der Waals surface area contributed by atoms with Crippen molar-refractivity contribution >= 4 is 11.6 Å². The molecule has 3 heteroatoms. The highest BCUT2D eigenvalue weighted by atomic mass is 16.1. The van der Waals surface area contributed by atoms with E-state index in [1.165, 1.54) is 32.0 Å². The molecule has 1 aliphatic rings. The van der Waals surface area contributed by atoms with Crippen LogP contribution in [0.25, 0.3) is 0 Å². The summed E-state index contributed by atoms with van der Waals surface area (Å²) in [6.07, 6.45) is 1.35. The fourth-order valence-electron chi connectivity index (χ4n) is 3.08. The highest BCUT2D eigenvalue weighted by Gasteiger charge is 2.21. The molecule has 1 aliphatic heterocycles. The maximum absolute atomic E-state index is 11.0. The second-order valence-electron chi connectivity index (χ2n) is 6.02. The molecule has 2 rings (SSSR count). The topological polar surface area (TPSA) is 32.3 Å². The van der Waals surface area contributed by atoms with Crippen LogP contribution in [0.3, 0.4) is 0 Å². The third kappa shape index (κ3) is 4.35. The third-order valence-electron chi connectivity index (χ3n) is 3.62. The van der Waals surface area contributed by atoms with Gasteiger partial charge in [-0.2, -0.15) is 0 Å². The van der Waals surface area contributed by atoms with Gasteiger partial charge in [0.15, 0.2) is 0 Å². The van der Waals surface area contributed by atoms with E-state index < -0.39 is 0 Å². The molecule has 1 heterocycles. The lowest BCUT2D eigenvalue weighted by atomic mass is 9.91. The Balaban J connectivity index is 1.93. The van der Waals surface area contributed by atoms with E-state index in [-0.39, 0.29) is 5.91 Å². The van der Waals surface area contributed by atoms with E-state index in [4.69, 9.17) is 0 Å². The van der Waals surface area contributed by atoms with Gasteiger partial charge < -0.3 is 5.32 Å². The molecule has 1 fully saturated rings. The van der Waals surface area contributed by atoms with Crippen molar-refractivity contribution in [3.05, 3.63) is 29.8 Å². The first-order valence-electron chi connectivity index (χ1n) is 7.12. The van der Waals surface area contributed by atoms with Gasteiger partial charge in [-0.25, -0.2) is 0 Å². The average Bonchev–Trinajstić information content (AvgIpc) is 2.29. The van der Waals surface area contributed by atoms with Crippen LogP contribution in [0.2, 0.25) is 0 Å². The number of amides is 1. The van der Waals surface area contributed by atoms with Gasteiger partial charge in [-0.3, -0.25) is 9.69 Å². The molecule has 1 N–H and O–H groups in total. The lowest BCUT2D eigenvalue weighted by Gasteiger charge is -2.35. The van der Waals surface area contributed by atoms with Crippen molar-refractivity contribution in [2.75, 3.05) is 18.4 Å². The summed E-state index contributed by atoms with van der Waals surface area (Å²) in [7, 11) is 0. The number of benzene rings is 1. The van der Waals surface area contributed by atoms with E-state index in [0.717, 1.165) is 24.1 Å². The van der Waals surface area contributed by atoms with Crippen LogP contribution >= 0.6 is 0 Å². The number of nitrogens with one attached hydrogen (secondary N) is 1. The number of nitrogens with zero attached hydrogens (tertiary/aromatic N) is 1. The molecule has 3 nitrogen and oxygen atoms in total. The van der Waals surface area contributed by atoms with E-state index in [0.29, 0.717) is 0 Å². The third-order valence-corrected chi connectivity index (χ3v) is 3.62. The van der Waals surface area contributed by atoms with Crippen LogP contribution in [0, 0.1) is 11.8 Å². The standard InChI is InChI=1S/C16H24N2O/c1-12-8-13(2)10-18(9-12)11-15-4-6-16(7-5-15)17-14(3)19/h4-7,12-13H,8-11H2,1-3H3,(H,17,19). The van der Waals surface area contributed by atoms with Crippen LogP contribution in [-0.4, -0.2) is 23.9 Å². The summed E-state index contributed by atoms with van der Waals surface area (Å²) >= 11 is 0. The Kier molecular flexibility index (Phi) is 4.59. The largest absolute Gasteiger partial charge is 0.326 e. The fraction of sp³-hybridized carbons (Fsp3) is 0.562. The fourth-order valence-corrected chi connectivity index (χ4v) is 3.08. The predicted octanol–water partition coefficient (Wildman–Crippen LogP) is 3.12. The van der Waals surface area contributed by atoms with E-state index in [1.54, 1.807) is 0 Å². The molecular formula is C16H24N2O. The minimum absolute atomic E-state index is 0.0218. The molecule has 0 saturated carbocycles. The zero-order valence-electron chi connectivity index (χ0n) is 12.1. The van der Waals surface area contributed by atoms with E-state index in [1.807, 2.05) is 12.1 Å². The number of carbonyl (C=O) groups is 1. The molecule has 2 unspecified atom stereocenters. The van der Waals surface area contributed by atoms with Crippen molar-refractivity contribution in [3.8, 4) is 0 Å². The SMILES string of the molecule is CC(=O)Nc1ccc(CN2CC(C)CC(C)C2)cc1. The average molecular weight is 260 g/mol. The summed E-state index contributed by atoms with van der Waals surface area (Å²) < 4.78 is 0. The zero-order chi connectivity index (χ0) is 13.8. The summed E-state index contributed by atoms with van der Waals surface area (Å²) in [5, 5.41) is 2.80. The Morgan fingerprint density at radius 3 is 2.32 bits per heavy atom. The van der Waals surface area contributed by atoms with Crippen LogP contribution < -0.4 is 5.32 Å². The van der Waals surface area contributed by atoms with E-state index in [9.17, 15) is 4.79 Å². The summed E-state index contributed by atoms with van der Waals surface area (Å²) in [6, 6.07) is 8.17. The smallest absolute Gasteiger partial charge is 0.221 e. The van der Waals surface area contributed by atoms with Gasteiger partial charge in [-0.05, 0) is 36.0 Å². The Labute approximate surface area is 116 Å². The number of piperidine rings is 1. The van der Waals surface area contributed by atoms with E-state index in [2.05, 4.69) is 36.2 Å². The number of hydrogen-bond acceptors (Lipinski definition) is 2. The second-order valence-corrected chi connectivity index (χ2v) is 6.02. The lowest BCUT2D eigenvalue weighted by molar-refractivity contribution is -0.114. The number of likely N-dealkylation sites (tertiary alicyclic amines) is 1. The van der Waals surface area contributed by atoms with Crippen molar-refractivity contribution in [2.45, 2.75) is 33.7 Å². The summed E-state index contributed by atoms with van der Waals surface area (Å²) in [5.74, 6) is 1.57. The number of hydrogen-bond donors (Lipinski definition) is 1. The molecule has 1 saturated heterocycles. The van der Waals surface area contributed by atoms with Gasteiger partial charge in [0.2, 0.25) is 5.91 Å². The number of rotatable bonds is 3. The zero-order valence-corrected chi connectivity index (χ0v) is 12.1. The molecule has 0 bridgehead atoms. The number of anilines is 1. The van der Waals surface area contributed by atoms with Gasteiger partial charge in [0, 0.05) is 32.2 Å². The van der Waals surface area contributed by atoms with Crippen LogP contribution in [0.15, 0.2) is 24.3 Å². The van der Waals surface area contributed by atoms with Crippen molar-refractivity contribution in [2.24, 2.45) is 11.8 Å². The van der Waals surface area contributed by atoms with Crippen molar-refractivity contribution in [3.63, 3.8) is 0 Å². The highest BCUT2D eigenvalue weighted by molar-refractivity contribution is 5.88. The molecule has 0 radical (unpaired) electrons. The van der Waals surface area contributed by atoms with Gasteiger partial charge in [0.25, 0.3) is 0 Å². The summed E-state index contributed by atoms with van der Waals surface area (Å²) in [5.41, 5.74) is 2.19. The van der Waals surface area contributed by atoms with Crippen LogP contribution in [0.4, 0.5) is 5.69 Å². The van der Waals surface area contributed by atoms with Crippen LogP contribution in [-0.2, 0) is 11.3 Å². The van der Waals surface area contributed by atoms with Crippen molar-refractivity contribution < 1.29 is 4.79 Å².